The molecule has 4 heteroatoms. The molecule has 0 aliphatic carbocycles. The van der Waals surface area contributed by atoms with Gasteiger partial charge in [-0.3, -0.25) is 4.79 Å². The molecule has 2 heterocycles. The fourth-order valence-corrected chi connectivity index (χ4v) is 2.58. The van der Waals surface area contributed by atoms with Crippen LogP contribution in [0.3, 0.4) is 0 Å². The lowest BCUT2D eigenvalue weighted by Gasteiger charge is -2.25. The van der Waals surface area contributed by atoms with Gasteiger partial charge < -0.3 is 9.72 Å². The van der Waals surface area contributed by atoms with Crippen LogP contribution in [0.2, 0.25) is 0 Å². The van der Waals surface area contributed by atoms with Crippen molar-refractivity contribution in [3.63, 3.8) is 0 Å². The normalized spacial score (nSPS) is 17.6. The molecule has 3 rings (SSSR count). The van der Waals surface area contributed by atoms with Gasteiger partial charge in [-0.25, -0.2) is 4.98 Å². The molecule has 0 radical (unpaired) electrons. The Kier molecular flexibility index (Phi) is 3.30. The molecule has 104 valence electrons. The van der Waals surface area contributed by atoms with Gasteiger partial charge in [-0.2, -0.15) is 0 Å². The van der Waals surface area contributed by atoms with E-state index < -0.39 is 0 Å². The summed E-state index contributed by atoms with van der Waals surface area (Å²) in [6, 6.07) is 9.54. The van der Waals surface area contributed by atoms with Crippen molar-refractivity contribution in [2.75, 3.05) is 6.61 Å². The van der Waals surface area contributed by atoms with E-state index in [0.717, 1.165) is 29.3 Å². The third-order valence-electron chi connectivity index (χ3n) is 3.66. The summed E-state index contributed by atoms with van der Waals surface area (Å²) < 4.78 is 5.66. The van der Waals surface area contributed by atoms with E-state index in [1.54, 1.807) is 6.07 Å². The Morgan fingerprint density at radius 3 is 2.95 bits per heavy atom. The highest BCUT2D eigenvalue weighted by Gasteiger charge is 2.25. The standard InChI is InChI=1S/C16H18N2O2/c1-10(2)13-9-15(19)18-16(17-13)12-7-8-20-14-6-4-3-5-11(12)14/h3-6,9-10,12H,7-8H2,1-2H3,(H,17,18,19). The molecule has 1 unspecified atom stereocenters. The predicted molar refractivity (Wildman–Crippen MR) is 77.3 cm³/mol. The Balaban J connectivity index is 2.08. The maximum Gasteiger partial charge on any atom is 0.251 e. The minimum atomic E-state index is -0.0809. The zero-order valence-corrected chi connectivity index (χ0v) is 11.7. The first kappa shape index (κ1) is 12.9. The van der Waals surface area contributed by atoms with Crippen LogP contribution in [-0.4, -0.2) is 16.6 Å². The van der Waals surface area contributed by atoms with Gasteiger partial charge in [0.15, 0.2) is 0 Å². The molecule has 20 heavy (non-hydrogen) atoms. The molecule has 0 spiro atoms. The first-order valence-corrected chi connectivity index (χ1v) is 6.98. The second-order valence-electron chi connectivity index (χ2n) is 5.44. The molecule has 0 saturated heterocycles. The van der Waals surface area contributed by atoms with Crippen LogP contribution in [-0.2, 0) is 0 Å². The summed E-state index contributed by atoms with van der Waals surface area (Å²) in [5.74, 6) is 1.98. The molecule has 1 aliphatic heterocycles. The van der Waals surface area contributed by atoms with Crippen molar-refractivity contribution in [3.8, 4) is 5.75 Å². The molecular formula is C16H18N2O2. The lowest BCUT2D eigenvalue weighted by Crippen LogP contribution is -2.21. The summed E-state index contributed by atoms with van der Waals surface area (Å²) in [5, 5.41) is 0. The number of aromatic nitrogens is 2. The highest BCUT2D eigenvalue weighted by Crippen LogP contribution is 2.36. The Morgan fingerprint density at radius 2 is 2.15 bits per heavy atom. The fourth-order valence-electron chi connectivity index (χ4n) is 2.58. The van der Waals surface area contributed by atoms with Gasteiger partial charge >= 0.3 is 0 Å². The summed E-state index contributed by atoms with van der Waals surface area (Å²) in [5.41, 5.74) is 1.86. The molecule has 1 aliphatic rings. The molecule has 0 fully saturated rings. The highest BCUT2D eigenvalue weighted by atomic mass is 16.5. The molecule has 1 aromatic carbocycles. The quantitative estimate of drug-likeness (QED) is 0.913. The van der Waals surface area contributed by atoms with Gasteiger partial charge in [0.1, 0.15) is 11.6 Å². The Hall–Kier alpha value is -2.10. The molecule has 4 nitrogen and oxygen atoms in total. The minimum Gasteiger partial charge on any atom is -0.493 e. The number of hydrogen-bond acceptors (Lipinski definition) is 3. The molecular weight excluding hydrogens is 252 g/mol. The zero-order chi connectivity index (χ0) is 14.1. The Bertz CT molecular complexity index is 676. The SMILES string of the molecule is CC(C)c1cc(=O)[nH]c(C2CCOc3ccccc32)n1. The topological polar surface area (TPSA) is 55.0 Å². The van der Waals surface area contributed by atoms with E-state index in [1.165, 1.54) is 0 Å². The number of rotatable bonds is 2. The monoisotopic (exact) mass is 270 g/mol. The summed E-state index contributed by atoms with van der Waals surface area (Å²) in [4.78, 5) is 19.4. The molecule has 1 aromatic heterocycles. The first-order chi connectivity index (χ1) is 9.65. The number of nitrogens with zero attached hydrogens (tertiary/aromatic N) is 1. The average Bonchev–Trinajstić information content (AvgIpc) is 2.46. The van der Waals surface area contributed by atoms with E-state index >= 15 is 0 Å². The third kappa shape index (κ3) is 2.33. The lowest BCUT2D eigenvalue weighted by molar-refractivity contribution is 0.274. The van der Waals surface area contributed by atoms with Gasteiger partial charge in [-0.1, -0.05) is 32.0 Å². The second-order valence-corrected chi connectivity index (χ2v) is 5.44. The second kappa shape index (κ2) is 5.12. The van der Waals surface area contributed by atoms with Gasteiger partial charge in [0, 0.05) is 17.5 Å². The first-order valence-electron chi connectivity index (χ1n) is 6.98. The number of para-hydroxylation sites is 1. The number of ether oxygens (including phenoxy) is 1. The van der Waals surface area contributed by atoms with Crippen LogP contribution >= 0.6 is 0 Å². The van der Waals surface area contributed by atoms with Crippen molar-refractivity contribution in [2.45, 2.75) is 32.1 Å². The Labute approximate surface area is 117 Å². The van der Waals surface area contributed by atoms with E-state index in [2.05, 4.69) is 9.97 Å². The van der Waals surface area contributed by atoms with Crippen molar-refractivity contribution < 1.29 is 4.74 Å². The molecule has 1 N–H and O–H groups in total. The minimum absolute atomic E-state index is 0.0809. The molecule has 2 aromatic rings. The zero-order valence-electron chi connectivity index (χ0n) is 11.7. The van der Waals surface area contributed by atoms with Crippen molar-refractivity contribution in [1.82, 2.24) is 9.97 Å². The van der Waals surface area contributed by atoms with Crippen molar-refractivity contribution in [1.29, 1.82) is 0 Å². The summed E-state index contributed by atoms with van der Waals surface area (Å²) in [6.07, 6.45) is 0.835. The molecule has 0 saturated carbocycles. The van der Waals surface area contributed by atoms with Crippen LogP contribution in [0, 0.1) is 0 Å². The smallest absolute Gasteiger partial charge is 0.251 e. The predicted octanol–water partition coefficient (Wildman–Crippen LogP) is 2.81. The van der Waals surface area contributed by atoms with Crippen LogP contribution in [0.15, 0.2) is 35.1 Å². The number of H-pyrrole nitrogens is 1. The number of nitrogens with one attached hydrogen (secondary N) is 1. The number of aromatic amines is 1. The van der Waals surface area contributed by atoms with Gasteiger partial charge in [0.25, 0.3) is 5.56 Å². The van der Waals surface area contributed by atoms with Gasteiger partial charge in [-0.15, -0.1) is 0 Å². The summed E-state index contributed by atoms with van der Waals surface area (Å²) in [6.45, 7) is 4.74. The van der Waals surface area contributed by atoms with Crippen LogP contribution in [0.25, 0.3) is 0 Å². The maximum atomic E-state index is 11.8. The third-order valence-corrected chi connectivity index (χ3v) is 3.66. The highest BCUT2D eigenvalue weighted by molar-refractivity contribution is 5.40. The van der Waals surface area contributed by atoms with Crippen LogP contribution in [0.1, 0.15) is 49.2 Å². The van der Waals surface area contributed by atoms with E-state index in [9.17, 15) is 4.79 Å². The van der Waals surface area contributed by atoms with Crippen LogP contribution < -0.4 is 10.3 Å². The number of hydrogen-bond donors (Lipinski definition) is 1. The maximum absolute atomic E-state index is 11.8. The average molecular weight is 270 g/mol. The summed E-state index contributed by atoms with van der Waals surface area (Å²) >= 11 is 0. The van der Waals surface area contributed by atoms with Crippen LogP contribution in [0.5, 0.6) is 5.75 Å². The molecule has 1 atom stereocenters. The van der Waals surface area contributed by atoms with Crippen LogP contribution in [0.4, 0.5) is 0 Å². The van der Waals surface area contributed by atoms with E-state index in [-0.39, 0.29) is 17.4 Å². The van der Waals surface area contributed by atoms with Crippen molar-refractivity contribution in [2.24, 2.45) is 0 Å². The molecule has 0 bridgehead atoms. The van der Waals surface area contributed by atoms with E-state index in [4.69, 9.17) is 4.74 Å². The summed E-state index contributed by atoms with van der Waals surface area (Å²) in [7, 11) is 0. The Morgan fingerprint density at radius 1 is 1.35 bits per heavy atom. The van der Waals surface area contributed by atoms with Crippen molar-refractivity contribution in [3.05, 3.63) is 57.8 Å². The largest absolute Gasteiger partial charge is 0.493 e. The van der Waals surface area contributed by atoms with E-state index in [1.807, 2.05) is 38.1 Å². The molecule has 0 amide bonds. The number of benzene rings is 1. The number of fused-ring (bicyclic) bond motifs is 1. The fraction of sp³-hybridized carbons (Fsp3) is 0.375. The van der Waals surface area contributed by atoms with Crippen molar-refractivity contribution >= 4 is 0 Å². The lowest BCUT2D eigenvalue weighted by atomic mass is 9.92. The van der Waals surface area contributed by atoms with Gasteiger partial charge in [0.2, 0.25) is 0 Å². The van der Waals surface area contributed by atoms with Gasteiger partial charge in [0.05, 0.1) is 12.3 Å². The van der Waals surface area contributed by atoms with Gasteiger partial charge in [-0.05, 0) is 18.4 Å². The van der Waals surface area contributed by atoms with E-state index in [0.29, 0.717) is 6.61 Å².